The number of amides is 2. The molecule has 0 radical (unpaired) electrons. The third-order valence-electron chi connectivity index (χ3n) is 4.40. The number of thiazole rings is 1. The van der Waals surface area contributed by atoms with Crippen LogP contribution in [0.1, 0.15) is 21.7 Å². The molecule has 0 spiro atoms. The molecule has 3 heterocycles. The maximum Gasteiger partial charge on any atom is 0.263 e. The molecule has 1 saturated heterocycles. The molecule has 0 bridgehead atoms. The quantitative estimate of drug-likeness (QED) is 0.921. The largest absolute Gasteiger partial charge is 0.493 e. The monoisotopic (exact) mass is 343 g/mol. The van der Waals surface area contributed by atoms with Gasteiger partial charge in [0.2, 0.25) is 5.91 Å². The Labute approximate surface area is 143 Å². The van der Waals surface area contributed by atoms with Crippen LogP contribution in [0.15, 0.2) is 24.4 Å². The first-order valence-corrected chi connectivity index (χ1v) is 8.71. The second kappa shape index (κ2) is 5.90. The van der Waals surface area contributed by atoms with Crippen molar-refractivity contribution in [3.05, 3.63) is 34.8 Å². The molecule has 1 unspecified atom stereocenters. The molecule has 2 aliphatic heterocycles. The third-order valence-corrected chi connectivity index (χ3v) is 5.44. The van der Waals surface area contributed by atoms with Gasteiger partial charge in [0.05, 0.1) is 12.8 Å². The predicted octanol–water partition coefficient (Wildman–Crippen LogP) is 1.71. The fraction of sp³-hybridized carbons (Fsp3) is 0.353. The first-order chi connectivity index (χ1) is 11.6. The maximum atomic E-state index is 12.4. The fourth-order valence-corrected chi connectivity index (χ4v) is 3.83. The number of carbonyl (C=O) groups excluding carboxylic acids is 2. The molecule has 24 heavy (non-hydrogen) atoms. The van der Waals surface area contributed by atoms with Crippen LogP contribution in [0.2, 0.25) is 0 Å². The minimum Gasteiger partial charge on any atom is -0.493 e. The number of hydrogen-bond acceptors (Lipinski definition) is 5. The van der Waals surface area contributed by atoms with Gasteiger partial charge in [-0.25, -0.2) is 4.98 Å². The van der Waals surface area contributed by atoms with Crippen LogP contribution in [-0.2, 0) is 11.2 Å². The summed E-state index contributed by atoms with van der Waals surface area (Å²) in [6, 6.07) is 5.55. The number of hydrogen-bond donors (Lipinski definition) is 1. The summed E-state index contributed by atoms with van der Waals surface area (Å²) in [5.74, 6) is 0.653. The molecule has 7 heteroatoms. The molecule has 1 aromatic carbocycles. The maximum absolute atomic E-state index is 12.4. The SMILES string of the molecule is CN1CCC(NC(=O)c2cnc(-c3ccc4c(c3)CCO4)s2)C1=O. The summed E-state index contributed by atoms with van der Waals surface area (Å²) in [6.07, 6.45) is 3.12. The summed E-state index contributed by atoms with van der Waals surface area (Å²) >= 11 is 1.34. The summed E-state index contributed by atoms with van der Waals surface area (Å²) in [7, 11) is 1.75. The lowest BCUT2D eigenvalue weighted by atomic mass is 10.1. The van der Waals surface area contributed by atoms with Gasteiger partial charge >= 0.3 is 0 Å². The Balaban J connectivity index is 1.50. The summed E-state index contributed by atoms with van der Waals surface area (Å²) in [5.41, 5.74) is 2.16. The molecule has 2 aliphatic rings. The van der Waals surface area contributed by atoms with Crippen molar-refractivity contribution < 1.29 is 14.3 Å². The zero-order valence-corrected chi connectivity index (χ0v) is 14.1. The molecule has 2 aromatic rings. The van der Waals surface area contributed by atoms with Crippen LogP contribution in [0.4, 0.5) is 0 Å². The van der Waals surface area contributed by atoms with Gasteiger partial charge in [0.25, 0.3) is 5.91 Å². The molecule has 4 rings (SSSR count). The highest BCUT2D eigenvalue weighted by Gasteiger charge is 2.30. The summed E-state index contributed by atoms with van der Waals surface area (Å²) in [5, 5.41) is 3.60. The van der Waals surface area contributed by atoms with E-state index in [0.29, 0.717) is 24.4 Å². The molecular formula is C17H17N3O3S. The zero-order valence-electron chi connectivity index (χ0n) is 13.2. The highest BCUT2D eigenvalue weighted by molar-refractivity contribution is 7.16. The molecule has 124 valence electrons. The number of aromatic nitrogens is 1. The third kappa shape index (κ3) is 2.65. The molecule has 1 aromatic heterocycles. The van der Waals surface area contributed by atoms with E-state index in [9.17, 15) is 9.59 Å². The number of nitrogens with zero attached hydrogens (tertiary/aromatic N) is 2. The molecule has 0 aliphatic carbocycles. The van der Waals surface area contributed by atoms with E-state index in [1.165, 1.54) is 16.9 Å². The summed E-state index contributed by atoms with van der Waals surface area (Å²) in [6.45, 7) is 1.39. The fourth-order valence-electron chi connectivity index (χ4n) is 3.02. The van der Waals surface area contributed by atoms with Crippen molar-refractivity contribution in [1.82, 2.24) is 15.2 Å². The Hall–Kier alpha value is -2.41. The molecule has 2 amide bonds. The lowest BCUT2D eigenvalue weighted by Crippen LogP contribution is -2.40. The minimum absolute atomic E-state index is 0.0355. The molecular weight excluding hydrogens is 326 g/mol. The molecule has 1 fully saturated rings. The lowest BCUT2D eigenvalue weighted by molar-refractivity contribution is -0.128. The average Bonchev–Trinajstić information content (AvgIpc) is 3.30. The number of likely N-dealkylation sites (tertiary alicyclic amines) is 1. The topological polar surface area (TPSA) is 71.5 Å². The Kier molecular flexibility index (Phi) is 3.72. The number of fused-ring (bicyclic) bond motifs is 1. The van der Waals surface area contributed by atoms with Crippen LogP contribution in [0.5, 0.6) is 5.75 Å². The van der Waals surface area contributed by atoms with Crippen molar-refractivity contribution in [3.8, 4) is 16.3 Å². The molecule has 1 N–H and O–H groups in total. The standard InChI is InChI=1S/C17H17N3O3S/c1-20-6-4-12(17(20)22)19-15(21)14-9-18-16(24-14)11-2-3-13-10(8-11)5-7-23-13/h2-3,8-9,12H,4-7H2,1H3,(H,19,21). The van der Waals surface area contributed by atoms with Crippen molar-refractivity contribution in [2.24, 2.45) is 0 Å². The van der Waals surface area contributed by atoms with Crippen LogP contribution >= 0.6 is 11.3 Å². The number of benzene rings is 1. The number of ether oxygens (including phenoxy) is 1. The first kappa shape index (κ1) is 15.1. The number of likely N-dealkylation sites (N-methyl/N-ethyl adjacent to an activating group) is 1. The average molecular weight is 343 g/mol. The van der Waals surface area contributed by atoms with E-state index in [4.69, 9.17) is 4.74 Å². The lowest BCUT2D eigenvalue weighted by Gasteiger charge is -2.11. The highest BCUT2D eigenvalue weighted by atomic mass is 32.1. The van der Waals surface area contributed by atoms with E-state index in [-0.39, 0.29) is 11.8 Å². The number of rotatable bonds is 3. The van der Waals surface area contributed by atoms with E-state index in [0.717, 1.165) is 22.7 Å². The number of nitrogens with one attached hydrogen (secondary N) is 1. The van der Waals surface area contributed by atoms with Crippen LogP contribution in [0, 0.1) is 0 Å². The van der Waals surface area contributed by atoms with E-state index in [2.05, 4.69) is 16.4 Å². The van der Waals surface area contributed by atoms with Gasteiger partial charge < -0.3 is 15.0 Å². The predicted molar refractivity (Wildman–Crippen MR) is 90.3 cm³/mol. The van der Waals surface area contributed by atoms with Crippen molar-refractivity contribution in [2.45, 2.75) is 18.9 Å². The van der Waals surface area contributed by atoms with Crippen molar-refractivity contribution in [2.75, 3.05) is 20.2 Å². The van der Waals surface area contributed by atoms with Gasteiger partial charge in [-0.3, -0.25) is 9.59 Å². The van der Waals surface area contributed by atoms with Gasteiger partial charge in [-0.2, -0.15) is 0 Å². The van der Waals surface area contributed by atoms with E-state index >= 15 is 0 Å². The van der Waals surface area contributed by atoms with E-state index in [1.807, 2.05) is 12.1 Å². The van der Waals surface area contributed by atoms with Crippen molar-refractivity contribution in [3.63, 3.8) is 0 Å². The van der Waals surface area contributed by atoms with E-state index < -0.39 is 6.04 Å². The van der Waals surface area contributed by atoms with Crippen molar-refractivity contribution >= 4 is 23.2 Å². The zero-order chi connectivity index (χ0) is 16.7. The highest BCUT2D eigenvalue weighted by Crippen LogP contribution is 2.32. The molecule has 6 nitrogen and oxygen atoms in total. The molecule has 1 atom stereocenters. The van der Waals surface area contributed by atoms with Gasteiger partial charge in [-0.1, -0.05) is 0 Å². The Morgan fingerprint density at radius 1 is 1.46 bits per heavy atom. The number of carbonyl (C=O) groups is 2. The van der Waals surface area contributed by atoms with Gasteiger partial charge in [-0.15, -0.1) is 11.3 Å². The van der Waals surface area contributed by atoms with Crippen LogP contribution in [-0.4, -0.2) is 47.9 Å². The minimum atomic E-state index is -0.426. The van der Waals surface area contributed by atoms with Crippen LogP contribution in [0.3, 0.4) is 0 Å². The Bertz CT molecular complexity index is 817. The Morgan fingerprint density at radius 3 is 3.12 bits per heavy atom. The smallest absolute Gasteiger partial charge is 0.263 e. The second-order valence-electron chi connectivity index (χ2n) is 6.03. The van der Waals surface area contributed by atoms with E-state index in [1.54, 1.807) is 18.1 Å². The molecule has 0 saturated carbocycles. The van der Waals surface area contributed by atoms with Crippen LogP contribution in [0.25, 0.3) is 10.6 Å². The van der Waals surface area contributed by atoms with Gasteiger partial charge in [0, 0.05) is 25.6 Å². The van der Waals surface area contributed by atoms with Gasteiger partial charge in [0.1, 0.15) is 21.7 Å². The normalized spacial score (nSPS) is 19.3. The van der Waals surface area contributed by atoms with Crippen LogP contribution < -0.4 is 10.1 Å². The van der Waals surface area contributed by atoms with Gasteiger partial charge in [0.15, 0.2) is 0 Å². The summed E-state index contributed by atoms with van der Waals surface area (Å²) in [4.78, 5) is 30.8. The van der Waals surface area contributed by atoms with Crippen molar-refractivity contribution in [1.29, 1.82) is 0 Å². The Morgan fingerprint density at radius 2 is 2.33 bits per heavy atom. The van der Waals surface area contributed by atoms with Gasteiger partial charge in [-0.05, 0) is 30.2 Å². The second-order valence-corrected chi connectivity index (χ2v) is 7.06. The first-order valence-electron chi connectivity index (χ1n) is 7.89. The summed E-state index contributed by atoms with van der Waals surface area (Å²) < 4.78 is 5.51.